The van der Waals surface area contributed by atoms with Crippen LogP contribution < -0.4 is 0 Å². The molecule has 0 saturated heterocycles. The average Bonchev–Trinajstić information content (AvgIpc) is 2.93. The van der Waals surface area contributed by atoms with Crippen molar-refractivity contribution in [2.45, 2.75) is 33.1 Å². The van der Waals surface area contributed by atoms with E-state index in [4.69, 9.17) is 0 Å². The van der Waals surface area contributed by atoms with Crippen LogP contribution >= 0.6 is 11.3 Å². The standard InChI is InChI=1S/C16H16OS/c1-10-8-15(11(2)18-10)16(17)14-7-6-12-4-3-5-13(12)9-14/h6-9H,3-5H2,1-2H3. The lowest BCUT2D eigenvalue weighted by Crippen LogP contribution is -2.02. The van der Waals surface area contributed by atoms with Crippen LogP contribution in [0, 0.1) is 13.8 Å². The summed E-state index contributed by atoms with van der Waals surface area (Å²) in [5, 5.41) is 0. The minimum Gasteiger partial charge on any atom is -0.289 e. The molecule has 1 heterocycles. The van der Waals surface area contributed by atoms with Gasteiger partial charge < -0.3 is 0 Å². The van der Waals surface area contributed by atoms with Crippen molar-refractivity contribution in [3.63, 3.8) is 0 Å². The number of rotatable bonds is 2. The summed E-state index contributed by atoms with van der Waals surface area (Å²) in [6, 6.07) is 8.22. The Morgan fingerprint density at radius 3 is 2.61 bits per heavy atom. The van der Waals surface area contributed by atoms with Gasteiger partial charge in [0.25, 0.3) is 0 Å². The van der Waals surface area contributed by atoms with Crippen LogP contribution in [0.2, 0.25) is 0 Å². The Balaban J connectivity index is 2.00. The van der Waals surface area contributed by atoms with Crippen molar-refractivity contribution in [3.05, 3.63) is 56.3 Å². The smallest absolute Gasteiger partial charge is 0.194 e. The lowest BCUT2D eigenvalue weighted by molar-refractivity contribution is 0.103. The summed E-state index contributed by atoms with van der Waals surface area (Å²) in [7, 11) is 0. The van der Waals surface area contributed by atoms with E-state index in [9.17, 15) is 4.79 Å². The lowest BCUT2D eigenvalue weighted by atomic mass is 9.99. The first-order valence-corrected chi connectivity index (χ1v) is 7.20. The Bertz CT molecular complexity index is 622. The van der Waals surface area contributed by atoms with E-state index in [0.717, 1.165) is 22.4 Å². The topological polar surface area (TPSA) is 17.1 Å². The van der Waals surface area contributed by atoms with E-state index in [-0.39, 0.29) is 5.78 Å². The zero-order valence-electron chi connectivity index (χ0n) is 10.7. The maximum Gasteiger partial charge on any atom is 0.194 e. The molecule has 0 N–H and O–H groups in total. The van der Waals surface area contributed by atoms with E-state index in [1.807, 2.05) is 19.1 Å². The molecule has 0 bridgehead atoms. The number of hydrogen-bond acceptors (Lipinski definition) is 2. The molecule has 0 amide bonds. The quantitative estimate of drug-likeness (QED) is 0.740. The van der Waals surface area contributed by atoms with Crippen molar-refractivity contribution in [1.29, 1.82) is 0 Å². The van der Waals surface area contributed by atoms with E-state index in [1.54, 1.807) is 11.3 Å². The van der Waals surface area contributed by atoms with Crippen LogP contribution in [-0.2, 0) is 12.8 Å². The summed E-state index contributed by atoms with van der Waals surface area (Å²) in [5.74, 6) is 0.173. The second kappa shape index (κ2) is 4.36. The predicted octanol–water partition coefficient (Wildman–Crippen LogP) is 4.08. The Kier molecular flexibility index (Phi) is 2.83. The highest BCUT2D eigenvalue weighted by Gasteiger charge is 2.17. The average molecular weight is 256 g/mol. The minimum absolute atomic E-state index is 0.173. The highest BCUT2D eigenvalue weighted by molar-refractivity contribution is 7.12. The Hall–Kier alpha value is -1.41. The molecule has 0 saturated carbocycles. The number of fused-ring (bicyclic) bond motifs is 1. The van der Waals surface area contributed by atoms with Gasteiger partial charge in [-0.1, -0.05) is 12.1 Å². The maximum absolute atomic E-state index is 12.5. The number of carbonyl (C=O) groups excluding carboxylic acids is 1. The molecule has 0 aliphatic heterocycles. The molecule has 18 heavy (non-hydrogen) atoms. The number of hydrogen-bond donors (Lipinski definition) is 0. The summed E-state index contributed by atoms with van der Waals surface area (Å²) < 4.78 is 0. The van der Waals surface area contributed by atoms with Crippen molar-refractivity contribution in [1.82, 2.24) is 0 Å². The van der Waals surface area contributed by atoms with Crippen LogP contribution in [0.15, 0.2) is 24.3 Å². The molecule has 1 aromatic carbocycles. The van der Waals surface area contributed by atoms with Gasteiger partial charge in [0.05, 0.1) is 0 Å². The van der Waals surface area contributed by atoms with Gasteiger partial charge in [-0.25, -0.2) is 0 Å². The number of benzene rings is 1. The molecule has 0 spiro atoms. The summed E-state index contributed by atoms with van der Waals surface area (Å²) >= 11 is 1.70. The summed E-state index contributed by atoms with van der Waals surface area (Å²) in [6.07, 6.45) is 3.52. The highest BCUT2D eigenvalue weighted by atomic mass is 32.1. The molecule has 0 unspecified atom stereocenters. The third-order valence-corrected chi connectivity index (χ3v) is 4.61. The van der Waals surface area contributed by atoms with E-state index in [1.165, 1.54) is 28.8 Å². The molecule has 2 heteroatoms. The van der Waals surface area contributed by atoms with Gasteiger partial charge in [-0.05, 0) is 56.4 Å². The third kappa shape index (κ3) is 1.91. The van der Waals surface area contributed by atoms with Crippen molar-refractivity contribution in [2.75, 3.05) is 0 Å². The molecule has 2 aromatic rings. The van der Waals surface area contributed by atoms with Gasteiger partial charge in [-0.15, -0.1) is 11.3 Å². The summed E-state index contributed by atoms with van der Waals surface area (Å²) in [5.41, 5.74) is 4.50. The summed E-state index contributed by atoms with van der Waals surface area (Å²) in [4.78, 5) is 14.8. The molecule has 0 radical (unpaired) electrons. The summed E-state index contributed by atoms with van der Waals surface area (Å²) in [6.45, 7) is 4.08. The van der Waals surface area contributed by atoms with E-state index < -0.39 is 0 Å². The maximum atomic E-state index is 12.5. The first-order valence-electron chi connectivity index (χ1n) is 6.38. The van der Waals surface area contributed by atoms with Crippen molar-refractivity contribution >= 4 is 17.1 Å². The fourth-order valence-electron chi connectivity index (χ4n) is 2.72. The molecule has 1 nitrogen and oxygen atoms in total. The Labute approximate surface area is 111 Å². The monoisotopic (exact) mass is 256 g/mol. The third-order valence-electron chi connectivity index (χ3n) is 3.65. The number of ketones is 1. The van der Waals surface area contributed by atoms with Crippen molar-refractivity contribution in [3.8, 4) is 0 Å². The molecule has 0 fully saturated rings. The SMILES string of the molecule is Cc1cc(C(=O)c2ccc3c(c2)CCC3)c(C)s1. The zero-order chi connectivity index (χ0) is 12.7. The highest BCUT2D eigenvalue weighted by Crippen LogP contribution is 2.27. The van der Waals surface area contributed by atoms with E-state index in [0.29, 0.717) is 0 Å². The van der Waals surface area contributed by atoms with Crippen molar-refractivity contribution < 1.29 is 4.79 Å². The molecular formula is C16H16OS. The van der Waals surface area contributed by atoms with Gasteiger partial charge in [0.1, 0.15) is 0 Å². The normalized spacial score (nSPS) is 13.7. The molecular weight excluding hydrogens is 240 g/mol. The number of carbonyl (C=O) groups is 1. The predicted molar refractivity (Wildman–Crippen MR) is 75.7 cm³/mol. The fourth-order valence-corrected chi connectivity index (χ4v) is 3.65. The van der Waals surface area contributed by atoms with Crippen LogP contribution in [0.4, 0.5) is 0 Å². The van der Waals surface area contributed by atoms with Gasteiger partial charge >= 0.3 is 0 Å². The minimum atomic E-state index is 0.173. The van der Waals surface area contributed by atoms with Crippen LogP contribution in [0.1, 0.15) is 43.2 Å². The number of aryl methyl sites for hydroxylation is 4. The van der Waals surface area contributed by atoms with Gasteiger partial charge in [0.2, 0.25) is 0 Å². The fraction of sp³-hybridized carbons (Fsp3) is 0.312. The second-order valence-corrected chi connectivity index (χ2v) is 6.45. The first kappa shape index (κ1) is 11.7. The van der Waals surface area contributed by atoms with Crippen LogP contribution in [0.3, 0.4) is 0 Å². The lowest BCUT2D eigenvalue weighted by Gasteiger charge is -2.04. The second-order valence-electron chi connectivity index (χ2n) is 4.99. The van der Waals surface area contributed by atoms with Gasteiger partial charge in [-0.2, -0.15) is 0 Å². The van der Waals surface area contributed by atoms with E-state index >= 15 is 0 Å². The molecule has 1 aliphatic carbocycles. The Morgan fingerprint density at radius 2 is 1.89 bits per heavy atom. The van der Waals surface area contributed by atoms with Crippen LogP contribution in [0.25, 0.3) is 0 Å². The van der Waals surface area contributed by atoms with Crippen molar-refractivity contribution in [2.24, 2.45) is 0 Å². The van der Waals surface area contributed by atoms with Gasteiger partial charge in [0, 0.05) is 20.9 Å². The van der Waals surface area contributed by atoms with E-state index in [2.05, 4.69) is 19.1 Å². The zero-order valence-corrected chi connectivity index (χ0v) is 11.6. The molecule has 1 aromatic heterocycles. The van der Waals surface area contributed by atoms with Crippen LogP contribution in [-0.4, -0.2) is 5.78 Å². The number of thiophene rings is 1. The molecule has 0 atom stereocenters. The molecule has 92 valence electrons. The molecule has 3 rings (SSSR count). The largest absolute Gasteiger partial charge is 0.289 e. The van der Waals surface area contributed by atoms with Gasteiger partial charge in [0.15, 0.2) is 5.78 Å². The van der Waals surface area contributed by atoms with Gasteiger partial charge in [-0.3, -0.25) is 4.79 Å². The first-order chi connectivity index (χ1) is 8.65. The Morgan fingerprint density at radius 1 is 1.11 bits per heavy atom. The molecule has 1 aliphatic rings. The van der Waals surface area contributed by atoms with Crippen LogP contribution in [0.5, 0.6) is 0 Å².